The van der Waals surface area contributed by atoms with Gasteiger partial charge in [-0.2, -0.15) is 0 Å². The molecule has 0 unspecified atom stereocenters. The van der Waals surface area contributed by atoms with Crippen molar-refractivity contribution >= 4 is 21.9 Å². The summed E-state index contributed by atoms with van der Waals surface area (Å²) in [6.45, 7) is 5.34. The number of imidazole rings is 1. The summed E-state index contributed by atoms with van der Waals surface area (Å²) >= 11 is 3.51. The number of aryl methyl sites for hydroxylation is 1. The number of aromatic amines is 1. The van der Waals surface area contributed by atoms with Gasteiger partial charge >= 0.3 is 5.97 Å². The van der Waals surface area contributed by atoms with Crippen molar-refractivity contribution in [1.82, 2.24) is 9.97 Å². The first-order valence-electron chi connectivity index (χ1n) is 6.35. The second-order valence-corrected chi connectivity index (χ2v) is 6.36. The normalized spacial score (nSPS) is 11.6. The number of halogens is 1. The molecule has 106 valence electrons. The second kappa shape index (κ2) is 5.40. The van der Waals surface area contributed by atoms with Crippen LogP contribution in [0.25, 0.3) is 11.3 Å². The van der Waals surface area contributed by atoms with Gasteiger partial charge in [0.15, 0.2) is 0 Å². The van der Waals surface area contributed by atoms with Crippen LogP contribution >= 0.6 is 15.9 Å². The van der Waals surface area contributed by atoms with Gasteiger partial charge in [-0.3, -0.25) is 4.79 Å². The van der Waals surface area contributed by atoms with Crippen molar-refractivity contribution in [3.63, 3.8) is 0 Å². The molecule has 0 fully saturated rings. The van der Waals surface area contributed by atoms with E-state index in [0.29, 0.717) is 12.2 Å². The predicted molar refractivity (Wildman–Crippen MR) is 81.6 cm³/mol. The maximum Gasteiger partial charge on any atom is 0.309 e. The van der Waals surface area contributed by atoms with E-state index in [4.69, 9.17) is 0 Å². The molecule has 1 heterocycles. The van der Waals surface area contributed by atoms with E-state index in [0.717, 1.165) is 21.4 Å². The highest BCUT2D eigenvalue weighted by Crippen LogP contribution is 2.30. The fourth-order valence-electron chi connectivity index (χ4n) is 2.02. The molecule has 5 heteroatoms. The van der Waals surface area contributed by atoms with E-state index >= 15 is 0 Å². The van der Waals surface area contributed by atoms with E-state index in [1.54, 1.807) is 13.8 Å². The molecule has 1 aromatic carbocycles. The van der Waals surface area contributed by atoms with Gasteiger partial charge in [-0.15, -0.1) is 0 Å². The van der Waals surface area contributed by atoms with Crippen LogP contribution in [0.4, 0.5) is 0 Å². The molecule has 2 N–H and O–H groups in total. The summed E-state index contributed by atoms with van der Waals surface area (Å²) in [7, 11) is 0. The number of carboxylic acid groups (broad SMARTS) is 1. The molecule has 2 aromatic rings. The number of rotatable bonds is 4. The molecule has 0 amide bonds. The lowest BCUT2D eigenvalue weighted by Crippen LogP contribution is -2.26. The lowest BCUT2D eigenvalue weighted by atomic mass is 9.89. The highest BCUT2D eigenvalue weighted by Gasteiger charge is 2.29. The van der Waals surface area contributed by atoms with Crippen LogP contribution in [0.3, 0.4) is 0 Å². The molecule has 4 nitrogen and oxygen atoms in total. The molecule has 0 radical (unpaired) electrons. The van der Waals surface area contributed by atoms with E-state index in [9.17, 15) is 9.90 Å². The number of aliphatic carboxylic acids is 1. The first-order valence-corrected chi connectivity index (χ1v) is 7.14. The molecule has 0 saturated heterocycles. The fraction of sp³-hybridized carbons (Fsp3) is 0.333. The number of benzene rings is 1. The largest absolute Gasteiger partial charge is 0.481 e. The van der Waals surface area contributed by atoms with E-state index in [1.165, 1.54) is 0 Å². The third-order valence-electron chi connectivity index (χ3n) is 3.25. The van der Waals surface area contributed by atoms with Crippen LogP contribution in [0.5, 0.6) is 0 Å². The quantitative estimate of drug-likeness (QED) is 0.892. The lowest BCUT2D eigenvalue weighted by molar-refractivity contribution is -0.146. The van der Waals surface area contributed by atoms with Crippen LogP contribution in [0.2, 0.25) is 0 Å². The summed E-state index contributed by atoms with van der Waals surface area (Å²) in [5.74, 6) is -0.130. The molecule has 1 aromatic heterocycles. The molecular formula is C15H17BrN2O2. The number of nitrogens with one attached hydrogen (secondary N) is 1. The summed E-state index contributed by atoms with van der Waals surface area (Å²) in [6.07, 6.45) is 0.369. The Morgan fingerprint density at radius 2 is 2.05 bits per heavy atom. The average molecular weight is 337 g/mol. The van der Waals surface area contributed by atoms with Crippen LogP contribution in [-0.2, 0) is 11.2 Å². The third-order valence-corrected chi connectivity index (χ3v) is 3.94. The molecule has 0 aliphatic heterocycles. The summed E-state index contributed by atoms with van der Waals surface area (Å²) in [5.41, 5.74) is 1.96. The van der Waals surface area contributed by atoms with Crippen LogP contribution in [-0.4, -0.2) is 21.0 Å². The SMILES string of the molecule is Cc1[nH]c(CC(C)(C)C(=O)O)nc1-c1ccccc1Br. The van der Waals surface area contributed by atoms with Gasteiger partial charge in [0.05, 0.1) is 11.1 Å². The van der Waals surface area contributed by atoms with Crippen molar-refractivity contribution < 1.29 is 9.90 Å². The number of hydrogen-bond donors (Lipinski definition) is 2. The minimum absolute atomic E-state index is 0.369. The Balaban J connectivity index is 2.36. The van der Waals surface area contributed by atoms with Crippen molar-refractivity contribution in [2.45, 2.75) is 27.2 Å². The Labute approximate surface area is 126 Å². The zero-order valence-corrected chi connectivity index (χ0v) is 13.3. The molecule has 0 atom stereocenters. The van der Waals surface area contributed by atoms with E-state index in [2.05, 4.69) is 25.9 Å². The van der Waals surface area contributed by atoms with E-state index < -0.39 is 11.4 Å². The van der Waals surface area contributed by atoms with Gasteiger partial charge < -0.3 is 10.1 Å². The van der Waals surface area contributed by atoms with Gasteiger partial charge in [-0.1, -0.05) is 34.1 Å². The fourth-order valence-corrected chi connectivity index (χ4v) is 2.49. The smallest absolute Gasteiger partial charge is 0.309 e. The van der Waals surface area contributed by atoms with Gasteiger partial charge in [-0.05, 0) is 26.8 Å². The van der Waals surface area contributed by atoms with Crippen LogP contribution in [0, 0.1) is 12.3 Å². The second-order valence-electron chi connectivity index (χ2n) is 5.50. The summed E-state index contributed by atoms with van der Waals surface area (Å²) < 4.78 is 0.971. The maximum atomic E-state index is 11.2. The summed E-state index contributed by atoms with van der Waals surface area (Å²) in [5, 5.41) is 9.19. The molecule has 0 bridgehead atoms. The Bertz CT molecular complexity index is 647. The standard InChI is InChI=1S/C15H17BrN2O2/c1-9-13(10-6-4-5-7-11(10)16)18-12(17-9)8-15(2,3)14(19)20/h4-7H,8H2,1-3H3,(H,17,18)(H,19,20). The highest BCUT2D eigenvalue weighted by molar-refractivity contribution is 9.10. The molecule has 2 rings (SSSR count). The molecule has 0 saturated carbocycles. The zero-order valence-electron chi connectivity index (χ0n) is 11.7. The van der Waals surface area contributed by atoms with Crippen molar-refractivity contribution in [3.8, 4) is 11.3 Å². The van der Waals surface area contributed by atoms with Gasteiger partial charge in [0.1, 0.15) is 5.82 Å². The van der Waals surface area contributed by atoms with Gasteiger partial charge in [0.2, 0.25) is 0 Å². The van der Waals surface area contributed by atoms with Crippen LogP contribution in [0.1, 0.15) is 25.4 Å². The molecular weight excluding hydrogens is 320 g/mol. The topological polar surface area (TPSA) is 66.0 Å². The molecule has 20 heavy (non-hydrogen) atoms. The summed E-state index contributed by atoms with van der Waals surface area (Å²) in [4.78, 5) is 18.9. The Morgan fingerprint density at radius 1 is 1.40 bits per heavy atom. The molecule has 0 spiro atoms. The predicted octanol–water partition coefficient (Wildman–Crippen LogP) is 3.80. The first-order chi connectivity index (χ1) is 9.31. The van der Waals surface area contributed by atoms with Gasteiger partial charge in [-0.25, -0.2) is 4.98 Å². The monoisotopic (exact) mass is 336 g/mol. The number of carboxylic acids is 1. The average Bonchev–Trinajstić information content (AvgIpc) is 2.69. The van der Waals surface area contributed by atoms with Crippen molar-refractivity contribution in [2.24, 2.45) is 5.41 Å². The molecule has 0 aliphatic carbocycles. The van der Waals surface area contributed by atoms with E-state index in [1.807, 2.05) is 31.2 Å². The number of hydrogen-bond acceptors (Lipinski definition) is 2. The maximum absolute atomic E-state index is 11.2. The Morgan fingerprint density at radius 3 is 2.65 bits per heavy atom. The number of aromatic nitrogens is 2. The van der Waals surface area contributed by atoms with Crippen molar-refractivity contribution in [1.29, 1.82) is 0 Å². The molecule has 0 aliphatic rings. The van der Waals surface area contributed by atoms with Gasteiger partial charge in [0, 0.05) is 22.2 Å². The van der Waals surface area contributed by atoms with Crippen molar-refractivity contribution in [3.05, 3.63) is 40.3 Å². The number of carbonyl (C=O) groups is 1. The minimum Gasteiger partial charge on any atom is -0.481 e. The van der Waals surface area contributed by atoms with Crippen molar-refractivity contribution in [2.75, 3.05) is 0 Å². The first kappa shape index (κ1) is 14.8. The van der Waals surface area contributed by atoms with Gasteiger partial charge in [0.25, 0.3) is 0 Å². The van der Waals surface area contributed by atoms with Crippen LogP contribution in [0.15, 0.2) is 28.7 Å². The third kappa shape index (κ3) is 2.93. The van der Waals surface area contributed by atoms with Crippen LogP contribution < -0.4 is 0 Å². The Kier molecular flexibility index (Phi) is 3.99. The minimum atomic E-state index is -0.838. The highest BCUT2D eigenvalue weighted by atomic mass is 79.9. The summed E-state index contributed by atoms with van der Waals surface area (Å²) in [6, 6.07) is 7.85. The Hall–Kier alpha value is -1.62. The number of H-pyrrole nitrogens is 1. The zero-order chi connectivity index (χ0) is 14.9. The lowest BCUT2D eigenvalue weighted by Gasteiger charge is -2.16. The van der Waals surface area contributed by atoms with E-state index in [-0.39, 0.29) is 0 Å². The number of nitrogens with zero attached hydrogens (tertiary/aromatic N) is 1.